The molecule has 0 aromatic heterocycles. The van der Waals surface area contributed by atoms with Crippen molar-refractivity contribution in [2.75, 3.05) is 20.3 Å². The minimum absolute atomic E-state index is 0. The third kappa shape index (κ3) is 3.15. The van der Waals surface area contributed by atoms with Crippen molar-refractivity contribution in [3.8, 4) is 5.75 Å². The van der Waals surface area contributed by atoms with E-state index < -0.39 is 0 Å². The zero-order valence-corrected chi connectivity index (χ0v) is 13.1. The van der Waals surface area contributed by atoms with Crippen molar-refractivity contribution >= 4 is 23.2 Å². The maximum atomic E-state index is 6.53. The molecule has 3 rings (SSSR count). The Hall–Kier alpha value is -1.29. The molecule has 0 radical (unpaired) electrons. The second kappa shape index (κ2) is 7.12. The van der Waals surface area contributed by atoms with Crippen LogP contribution < -0.4 is 10.5 Å². The SMILES string of the molecule is COc1ccc([C@H](N)C2CCOCC2)c2ccccc12.Cl. The molecule has 1 fully saturated rings. The van der Waals surface area contributed by atoms with Crippen molar-refractivity contribution in [3.05, 3.63) is 42.0 Å². The van der Waals surface area contributed by atoms with Crippen molar-refractivity contribution in [3.63, 3.8) is 0 Å². The molecule has 0 unspecified atom stereocenters. The molecule has 3 nitrogen and oxygen atoms in total. The molecular weight excluding hydrogens is 286 g/mol. The highest BCUT2D eigenvalue weighted by Crippen LogP contribution is 2.35. The quantitative estimate of drug-likeness (QED) is 0.940. The van der Waals surface area contributed by atoms with Gasteiger partial charge in [0.2, 0.25) is 0 Å². The van der Waals surface area contributed by atoms with Gasteiger partial charge in [0.15, 0.2) is 0 Å². The predicted molar refractivity (Wildman–Crippen MR) is 88.2 cm³/mol. The van der Waals surface area contributed by atoms with Crippen molar-refractivity contribution in [1.29, 1.82) is 0 Å². The number of rotatable bonds is 3. The monoisotopic (exact) mass is 307 g/mol. The highest BCUT2D eigenvalue weighted by atomic mass is 35.5. The van der Waals surface area contributed by atoms with Gasteiger partial charge in [0.05, 0.1) is 7.11 Å². The Morgan fingerprint density at radius 1 is 1.10 bits per heavy atom. The Kier molecular flexibility index (Phi) is 5.45. The van der Waals surface area contributed by atoms with E-state index in [1.165, 1.54) is 10.9 Å². The second-order valence-corrected chi connectivity index (χ2v) is 5.38. The first-order valence-corrected chi connectivity index (χ1v) is 7.20. The van der Waals surface area contributed by atoms with Crippen LogP contribution in [0, 0.1) is 5.92 Å². The molecule has 1 aliphatic heterocycles. The van der Waals surface area contributed by atoms with Gasteiger partial charge in [0, 0.05) is 24.6 Å². The summed E-state index contributed by atoms with van der Waals surface area (Å²) in [6.07, 6.45) is 2.09. The number of hydrogen-bond acceptors (Lipinski definition) is 3. The molecule has 1 atom stereocenters. The summed E-state index contributed by atoms with van der Waals surface area (Å²) >= 11 is 0. The van der Waals surface area contributed by atoms with Crippen LogP contribution in [0.1, 0.15) is 24.4 Å². The molecule has 1 aliphatic rings. The molecule has 0 aliphatic carbocycles. The summed E-state index contributed by atoms with van der Waals surface area (Å²) in [5.41, 5.74) is 7.75. The zero-order chi connectivity index (χ0) is 13.9. The van der Waals surface area contributed by atoms with Crippen LogP contribution in [-0.2, 0) is 4.74 Å². The number of benzene rings is 2. The van der Waals surface area contributed by atoms with E-state index in [2.05, 4.69) is 24.3 Å². The smallest absolute Gasteiger partial charge is 0.126 e. The second-order valence-electron chi connectivity index (χ2n) is 5.38. The fourth-order valence-corrected chi connectivity index (χ4v) is 3.09. The standard InChI is InChI=1S/C17H21NO2.ClH/c1-19-16-7-6-15(13-4-2-3-5-14(13)16)17(18)12-8-10-20-11-9-12;/h2-7,12,17H,8-11,18H2,1H3;1H/t17-;/m1./s1. The van der Waals surface area contributed by atoms with Crippen LogP contribution in [-0.4, -0.2) is 20.3 Å². The lowest BCUT2D eigenvalue weighted by Crippen LogP contribution is -2.27. The van der Waals surface area contributed by atoms with Gasteiger partial charge < -0.3 is 15.2 Å². The normalized spacial score (nSPS) is 17.2. The number of fused-ring (bicyclic) bond motifs is 1. The average Bonchev–Trinajstić information content (AvgIpc) is 2.54. The van der Waals surface area contributed by atoms with Crippen molar-refractivity contribution in [2.24, 2.45) is 11.7 Å². The van der Waals surface area contributed by atoms with Gasteiger partial charge in [-0.1, -0.05) is 30.3 Å². The first-order valence-electron chi connectivity index (χ1n) is 7.20. The molecule has 21 heavy (non-hydrogen) atoms. The van der Waals surface area contributed by atoms with Crippen LogP contribution >= 0.6 is 12.4 Å². The van der Waals surface area contributed by atoms with Crippen LogP contribution in [0.3, 0.4) is 0 Å². The zero-order valence-electron chi connectivity index (χ0n) is 12.2. The van der Waals surface area contributed by atoms with Crippen molar-refractivity contribution < 1.29 is 9.47 Å². The molecule has 2 aromatic carbocycles. The molecule has 0 amide bonds. The van der Waals surface area contributed by atoms with Gasteiger partial charge in [0.1, 0.15) is 5.75 Å². The molecule has 0 spiro atoms. The summed E-state index contributed by atoms with van der Waals surface area (Å²) in [7, 11) is 1.71. The highest BCUT2D eigenvalue weighted by Gasteiger charge is 2.24. The third-order valence-electron chi connectivity index (χ3n) is 4.27. The van der Waals surface area contributed by atoms with E-state index in [4.69, 9.17) is 15.2 Å². The summed E-state index contributed by atoms with van der Waals surface area (Å²) in [5.74, 6) is 1.41. The Morgan fingerprint density at radius 3 is 2.43 bits per heavy atom. The molecule has 2 aromatic rings. The third-order valence-corrected chi connectivity index (χ3v) is 4.27. The lowest BCUT2D eigenvalue weighted by Gasteiger charge is -2.28. The summed E-state index contributed by atoms with van der Waals surface area (Å²) < 4.78 is 10.9. The molecule has 0 bridgehead atoms. The van der Waals surface area contributed by atoms with Crippen LogP contribution in [0.4, 0.5) is 0 Å². The molecule has 2 N–H and O–H groups in total. The number of hydrogen-bond donors (Lipinski definition) is 1. The van der Waals surface area contributed by atoms with Crippen LogP contribution in [0.5, 0.6) is 5.75 Å². The van der Waals surface area contributed by atoms with Gasteiger partial charge in [-0.2, -0.15) is 0 Å². The fraction of sp³-hybridized carbons (Fsp3) is 0.412. The van der Waals surface area contributed by atoms with E-state index in [1.54, 1.807) is 7.11 Å². The minimum Gasteiger partial charge on any atom is -0.496 e. The molecule has 1 heterocycles. The molecule has 114 valence electrons. The summed E-state index contributed by atoms with van der Waals surface area (Å²) in [5, 5.41) is 2.33. The molecular formula is C17H22ClNO2. The minimum atomic E-state index is 0. The topological polar surface area (TPSA) is 44.5 Å². The summed E-state index contributed by atoms with van der Waals surface area (Å²) in [4.78, 5) is 0. The maximum absolute atomic E-state index is 6.53. The number of nitrogens with two attached hydrogens (primary N) is 1. The Morgan fingerprint density at radius 2 is 1.76 bits per heavy atom. The van der Waals surface area contributed by atoms with Gasteiger partial charge in [-0.05, 0) is 35.8 Å². The van der Waals surface area contributed by atoms with E-state index in [-0.39, 0.29) is 18.4 Å². The largest absolute Gasteiger partial charge is 0.496 e. The lowest BCUT2D eigenvalue weighted by molar-refractivity contribution is 0.0585. The number of halogens is 1. The Bertz CT molecular complexity index is 596. The van der Waals surface area contributed by atoms with Gasteiger partial charge in [-0.25, -0.2) is 0 Å². The van der Waals surface area contributed by atoms with Gasteiger partial charge in [0.25, 0.3) is 0 Å². The lowest BCUT2D eigenvalue weighted by atomic mass is 9.85. The maximum Gasteiger partial charge on any atom is 0.126 e. The van der Waals surface area contributed by atoms with Crippen molar-refractivity contribution in [1.82, 2.24) is 0 Å². The molecule has 1 saturated heterocycles. The van der Waals surface area contributed by atoms with E-state index in [9.17, 15) is 0 Å². The van der Waals surface area contributed by atoms with E-state index in [0.29, 0.717) is 5.92 Å². The Balaban J connectivity index is 0.00000161. The summed E-state index contributed by atoms with van der Waals surface area (Å²) in [6, 6.07) is 12.5. The van der Waals surface area contributed by atoms with E-state index in [1.807, 2.05) is 12.1 Å². The predicted octanol–water partition coefficient (Wildman–Crippen LogP) is 3.70. The number of methoxy groups -OCH3 is 1. The molecule has 4 heteroatoms. The summed E-state index contributed by atoms with van der Waals surface area (Å²) in [6.45, 7) is 1.65. The van der Waals surface area contributed by atoms with Gasteiger partial charge in [-0.15, -0.1) is 12.4 Å². The van der Waals surface area contributed by atoms with Crippen LogP contribution in [0.25, 0.3) is 10.8 Å². The Labute approximate surface area is 131 Å². The highest BCUT2D eigenvalue weighted by molar-refractivity contribution is 5.91. The first-order chi connectivity index (χ1) is 9.81. The fourth-order valence-electron chi connectivity index (χ4n) is 3.09. The van der Waals surface area contributed by atoms with Crippen molar-refractivity contribution in [2.45, 2.75) is 18.9 Å². The molecule has 0 saturated carbocycles. The van der Waals surface area contributed by atoms with Gasteiger partial charge >= 0.3 is 0 Å². The number of ether oxygens (including phenoxy) is 2. The van der Waals surface area contributed by atoms with Gasteiger partial charge in [-0.3, -0.25) is 0 Å². The first kappa shape index (κ1) is 16.1. The van der Waals surface area contributed by atoms with Crippen LogP contribution in [0.2, 0.25) is 0 Å². The average molecular weight is 308 g/mol. The van der Waals surface area contributed by atoms with Crippen LogP contribution in [0.15, 0.2) is 36.4 Å². The van der Waals surface area contributed by atoms with E-state index >= 15 is 0 Å². The van der Waals surface area contributed by atoms with E-state index in [0.717, 1.165) is 37.2 Å².